The highest BCUT2D eigenvalue weighted by Crippen LogP contribution is 2.26. The van der Waals surface area contributed by atoms with E-state index in [1.165, 1.54) is 32.1 Å². The van der Waals surface area contributed by atoms with Gasteiger partial charge in [0.25, 0.3) is 0 Å². The van der Waals surface area contributed by atoms with E-state index in [0.29, 0.717) is 11.3 Å². The molecule has 1 fully saturated rings. The summed E-state index contributed by atoms with van der Waals surface area (Å²) in [7, 11) is 1.28. The van der Waals surface area contributed by atoms with Crippen molar-refractivity contribution in [1.29, 1.82) is 0 Å². The minimum atomic E-state index is -0.735. The Hall–Kier alpha value is 0.110. The molecule has 96 valence electrons. The molecular weight excluding hydrogens is 218 g/mol. The SMILES string of the molecule is CNC1CCCCCCC1S(=O)C(C)(C)C. The van der Waals surface area contributed by atoms with Gasteiger partial charge in [-0.15, -0.1) is 0 Å². The molecule has 16 heavy (non-hydrogen) atoms. The van der Waals surface area contributed by atoms with E-state index < -0.39 is 10.8 Å². The summed E-state index contributed by atoms with van der Waals surface area (Å²) >= 11 is 0. The Balaban J connectivity index is 2.74. The van der Waals surface area contributed by atoms with Gasteiger partial charge >= 0.3 is 0 Å². The molecule has 1 saturated carbocycles. The number of hydrogen-bond acceptors (Lipinski definition) is 2. The van der Waals surface area contributed by atoms with Crippen LogP contribution in [0.1, 0.15) is 59.3 Å². The van der Waals surface area contributed by atoms with Gasteiger partial charge in [-0.25, -0.2) is 0 Å². The van der Waals surface area contributed by atoms with E-state index in [9.17, 15) is 4.21 Å². The fraction of sp³-hybridized carbons (Fsp3) is 1.00. The summed E-state index contributed by atoms with van der Waals surface area (Å²) in [5.41, 5.74) is 0. The van der Waals surface area contributed by atoms with Gasteiger partial charge in [-0.3, -0.25) is 4.21 Å². The molecule has 0 bridgehead atoms. The van der Waals surface area contributed by atoms with Gasteiger partial charge in [0, 0.05) is 21.6 Å². The lowest BCUT2D eigenvalue weighted by atomic mass is 9.96. The molecule has 1 N–H and O–H groups in total. The van der Waals surface area contributed by atoms with Crippen molar-refractivity contribution >= 4 is 10.8 Å². The second-order valence-electron chi connectivity index (χ2n) is 5.83. The maximum Gasteiger partial charge on any atom is 0.0506 e. The van der Waals surface area contributed by atoms with E-state index in [-0.39, 0.29) is 4.75 Å². The van der Waals surface area contributed by atoms with Crippen molar-refractivity contribution in [1.82, 2.24) is 5.32 Å². The molecule has 0 heterocycles. The van der Waals surface area contributed by atoms with Gasteiger partial charge in [0.05, 0.1) is 5.25 Å². The van der Waals surface area contributed by atoms with Crippen LogP contribution in [0.5, 0.6) is 0 Å². The zero-order chi connectivity index (χ0) is 12.2. The zero-order valence-electron chi connectivity index (χ0n) is 11.2. The third-order valence-corrected chi connectivity index (χ3v) is 5.77. The number of nitrogens with one attached hydrogen (secondary N) is 1. The molecular formula is C13H27NOS. The Morgan fingerprint density at radius 3 is 2.12 bits per heavy atom. The van der Waals surface area contributed by atoms with Crippen molar-refractivity contribution in [2.24, 2.45) is 0 Å². The van der Waals surface area contributed by atoms with Crippen molar-refractivity contribution in [3.63, 3.8) is 0 Å². The molecule has 1 rings (SSSR count). The molecule has 0 radical (unpaired) electrons. The summed E-state index contributed by atoms with van der Waals surface area (Å²) in [5, 5.41) is 3.72. The minimum absolute atomic E-state index is 0.0844. The predicted molar refractivity (Wildman–Crippen MR) is 72.2 cm³/mol. The van der Waals surface area contributed by atoms with Crippen LogP contribution in [0.4, 0.5) is 0 Å². The largest absolute Gasteiger partial charge is 0.316 e. The van der Waals surface area contributed by atoms with Gasteiger partial charge in [-0.2, -0.15) is 0 Å². The molecule has 1 aliphatic rings. The van der Waals surface area contributed by atoms with Crippen molar-refractivity contribution in [3.8, 4) is 0 Å². The van der Waals surface area contributed by atoms with Crippen LogP contribution in [-0.4, -0.2) is 27.3 Å². The van der Waals surface area contributed by atoms with Crippen molar-refractivity contribution in [2.75, 3.05) is 7.05 Å². The molecule has 0 aromatic heterocycles. The molecule has 0 saturated heterocycles. The van der Waals surface area contributed by atoms with Crippen LogP contribution in [0.3, 0.4) is 0 Å². The Bertz CT molecular complexity index is 235. The van der Waals surface area contributed by atoms with Gasteiger partial charge in [-0.1, -0.05) is 25.7 Å². The van der Waals surface area contributed by atoms with Crippen LogP contribution in [0, 0.1) is 0 Å². The standard InChI is InChI=1S/C13H27NOS/c1-13(2,3)16(15)12-10-8-6-5-7-9-11(12)14-4/h11-12,14H,5-10H2,1-4H3. The highest BCUT2D eigenvalue weighted by atomic mass is 32.2. The van der Waals surface area contributed by atoms with E-state index in [4.69, 9.17) is 0 Å². The van der Waals surface area contributed by atoms with Crippen LogP contribution in [0.2, 0.25) is 0 Å². The molecule has 3 unspecified atom stereocenters. The van der Waals surface area contributed by atoms with E-state index >= 15 is 0 Å². The topological polar surface area (TPSA) is 29.1 Å². The van der Waals surface area contributed by atoms with E-state index in [2.05, 4.69) is 26.1 Å². The van der Waals surface area contributed by atoms with Crippen molar-refractivity contribution < 1.29 is 4.21 Å². The lowest BCUT2D eigenvalue weighted by Crippen LogP contribution is -2.45. The third kappa shape index (κ3) is 3.85. The average molecular weight is 245 g/mol. The van der Waals surface area contributed by atoms with Crippen LogP contribution < -0.4 is 5.32 Å². The lowest BCUT2D eigenvalue weighted by Gasteiger charge is -2.33. The third-order valence-electron chi connectivity index (χ3n) is 3.45. The highest BCUT2D eigenvalue weighted by Gasteiger charge is 2.33. The van der Waals surface area contributed by atoms with E-state index in [1.54, 1.807) is 0 Å². The molecule has 3 atom stereocenters. The van der Waals surface area contributed by atoms with Gasteiger partial charge in [-0.05, 0) is 40.7 Å². The molecule has 0 amide bonds. The quantitative estimate of drug-likeness (QED) is 0.810. The van der Waals surface area contributed by atoms with Crippen molar-refractivity contribution in [2.45, 2.75) is 75.3 Å². The maximum atomic E-state index is 12.5. The predicted octanol–water partition coefficient (Wildman–Crippen LogP) is 2.84. The molecule has 1 aliphatic carbocycles. The monoisotopic (exact) mass is 245 g/mol. The van der Waals surface area contributed by atoms with Gasteiger partial charge in [0.15, 0.2) is 0 Å². The first-order chi connectivity index (χ1) is 7.46. The second kappa shape index (κ2) is 6.15. The van der Waals surface area contributed by atoms with E-state index in [0.717, 1.165) is 6.42 Å². The van der Waals surface area contributed by atoms with Gasteiger partial charge < -0.3 is 5.32 Å². The molecule has 3 heteroatoms. The lowest BCUT2D eigenvalue weighted by molar-refractivity contribution is 0.411. The van der Waals surface area contributed by atoms with Crippen molar-refractivity contribution in [3.05, 3.63) is 0 Å². The van der Waals surface area contributed by atoms with Crippen LogP contribution in [-0.2, 0) is 10.8 Å². The van der Waals surface area contributed by atoms with Crippen LogP contribution in [0.25, 0.3) is 0 Å². The van der Waals surface area contributed by atoms with E-state index in [1.807, 2.05) is 7.05 Å². The normalized spacial score (nSPS) is 30.5. The smallest absolute Gasteiger partial charge is 0.0506 e. The molecule has 0 aliphatic heterocycles. The summed E-state index contributed by atoms with van der Waals surface area (Å²) in [6.07, 6.45) is 7.48. The van der Waals surface area contributed by atoms with Crippen LogP contribution in [0.15, 0.2) is 0 Å². The summed E-state index contributed by atoms with van der Waals surface area (Å²) in [6, 6.07) is 0.445. The molecule has 0 aromatic rings. The summed E-state index contributed by atoms with van der Waals surface area (Å²) in [6.45, 7) is 6.28. The summed E-state index contributed by atoms with van der Waals surface area (Å²) in [5.74, 6) is 0. The Morgan fingerprint density at radius 2 is 1.62 bits per heavy atom. The first-order valence-corrected chi connectivity index (χ1v) is 7.76. The van der Waals surface area contributed by atoms with Crippen LogP contribution >= 0.6 is 0 Å². The fourth-order valence-corrected chi connectivity index (χ4v) is 4.35. The Morgan fingerprint density at radius 1 is 1.06 bits per heavy atom. The first kappa shape index (κ1) is 14.2. The summed E-state index contributed by atoms with van der Waals surface area (Å²) in [4.78, 5) is 0. The number of rotatable bonds is 2. The zero-order valence-corrected chi connectivity index (χ0v) is 12.0. The maximum absolute atomic E-state index is 12.5. The fourth-order valence-electron chi connectivity index (χ4n) is 2.49. The first-order valence-electron chi connectivity index (χ1n) is 6.54. The highest BCUT2D eigenvalue weighted by molar-refractivity contribution is 7.87. The van der Waals surface area contributed by atoms with Gasteiger partial charge in [0.2, 0.25) is 0 Å². The number of hydrogen-bond donors (Lipinski definition) is 1. The Kier molecular flexibility index (Phi) is 5.45. The Labute approximate surface area is 103 Å². The molecule has 0 spiro atoms. The summed E-state index contributed by atoms with van der Waals surface area (Å²) < 4.78 is 12.4. The molecule has 0 aromatic carbocycles. The average Bonchev–Trinajstić information content (AvgIpc) is 2.15. The van der Waals surface area contributed by atoms with Gasteiger partial charge in [0.1, 0.15) is 0 Å². The second-order valence-corrected chi connectivity index (χ2v) is 8.26. The molecule has 2 nitrogen and oxygen atoms in total. The minimum Gasteiger partial charge on any atom is -0.316 e.